The Balaban J connectivity index is 2.66. The van der Waals surface area contributed by atoms with Crippen LogP contribution in [0.1, 0.15) is 12.0 Å². The minimum atomic E-state index is 0.0927. The number of aromatic nitrogens is 1. The Morgan fingerprint density at radius 3 is 2.92 bits per heavy atom. The molecule has 0 aliphatic rings. The molecule has 3 N–H and O–H groups in total. The molecule has 3 nitrogen and oxygen atoms in total. The molecular weight excluding hydrogens is 152 g/mol. The lowest BCUT2D eigenvalue weighted by Gasteiger charge is -1.90. The monoisotopic (exact) mass is 162 g/mol. The molecule has 0 radical (unpaired) electrons. The molecular formula is C9H10N2O. The first-order chi connectivity index (χ1) is 5.83. The molecule has 12 heavy (non-hydrogen) atoms. The molecule has 0 atom stereocenters. The smallest absolute Gasteiger partial charge is 0.123 e. The van der Waals surface area contributed by atoms with Crippen LogP contribution in [0.2, 0.25) is 0 Å². The van der Waals surface area contributed by atoms with Crippen molar-refractivity contribution >= 4 is 5.82 Å². The number of nitrogens with zero attached hydrogens (tertiary/aromatic N) is 1. The van der Waals surface area contributed by atoms with E-state index in [1.165, 1.54) is 0 Å². The van der Waals surface area contributed by atoms with Crippen LogP contribution in [0.4, 0.5) is 5.82 Å². The van der Waals surface area contributed by atoms with Crippen LogP contribution >= 0.6 is 0 Å². The lowest BCUT2D eigenvalue weighted by molar-refractivity contribution is 0.305. The third kappa shape index (κ3) is 2.60. The SMILES string of the molecule is Nc1ccc(C#CCCO)cn1. The van der Waals surface area contributed by atoms with E-state index in [0.29, 0.717) is 12.2 Å². The molecule has 0 fully saturated rings. The van der Waals surface area contributed by atoms with E-state index in [2.05, 4.69) is 16.8 Å². The van der Waals surface area contributed by atoms with Gasteiger partial charge >= 0.3 is 0 Å². The van der Waals surface area contributed by atoms with Crippen molar-refractivity contribution in [3.8, 4) is 11.8 Å². The van der Waals surface area contributed by atoms with Crippen molar-refractivity contribution < 1.29 is 5.11 Å². The van der Waals surface area contributed by atoms with Gasteiger partial charge in [0.25, 0.3) is 0 Å². The fourth-order valence-electron chi connectivity index (χ4n) is 0.700. The highest BCUT2D eigenvalue weighted by molar-refractivity contribution is 5.37. The van der Waals surface area contributed by atoms with Crippen LogP contribution in [0, 0.1) is 11.8 Å². The zero-order valence-corrected chi connectivity index (χ0v) is 6.62. The van der Waals surface area contributed by atoms with Crippen LogP contribution < -0.4 is 5.73 Å². The van der Waals surface area contributed by atoms with Crippen molar-refractivity contribution in [2.24, 2.45) is 0 Å². The molecule has 0 saturated heterocycles. The standard InChI is InChI=1S/C9H10N2O/c10-9-5-4-8(7-11-9)3-1-2-6-12/h4-5,7,12H,2,6H2,(H2,10,11). The average molecular weight is 162 g/mol. The summed E-state index contributed by atoms with van der Waals surface area (Å²) in [5.41, 5.74) is 6.20. The maximum absolute atomic E-state index is 8.45. The van der Waals surface area contributed by atoms with Gasteiger partial charge in [-0.2, -0.15) is 0 Å². The molecule has 0 saturated carbocycles. The Bertz CT molecular complexity index is 295. The summed E-state index contributed by atoms with van der Waals surface area (Å²) in [5.74, 6) is 6.12. The number of rotatable bonds is 1. The van der Waals surface area contributed by atoms with Gasteiger partial charge in [-0.3, -0.25) is 0 Å². The van der Waals surface area contributed by atoms with Gasteiger partial charge in [-0.25, -0.2) is 4.98 Å². The Morgan fingerprint density at radius 1 is 1.50 bits per heavy atom. The lowest BCUT2D eigenvalue weighted by Crippen LogP contribution is -1.88. The predicted molar refractivity (Wildman–Crippen MR) is 47.2 cm³/mol. The van der Waals surface area contributed by atoms with Crippen LogP contribution in [0.3, 0.4) is 0 Å². The molecule has 0 bridgehead atoms. The van der Waals surface area contributed by atoms with E-state index >= 15 is 0 Å². The number of nitrogens with two attached hydrogens (primary N) is 1. The second kappa shape index (κ2) is 4.37. The summed E-state index contributed by atoms with van der Waals surface area (Å²) in [6.45, 7) is 0.0927. The zero-order chi connectivity index (χ0) is 8.81. The highest BCUT2D eigenvalue weighted by Gasteiger charge is 1.86. The summed E-state index contributed by atoms with van der Waals surface area (Å²) < 4.78 is 0. The quantitative estimate of drug-likeness (QED) is 0.587. The molecule has 0 amide bonds. The molecule has 0 spiro atoms. The maximum atomic E-state index is 8.45. The van der Waals surface area contributed by atoms with Gasteiger partial charge < -0.3 is 10.8 Å². The van der Waals surface area contributed by atoms with E-state index in [1.54, 1.807) is 18.3 Å². The van der Waals surface area contributed by atoms with Crippen LogP contribution in [0.15, 0.2) is 18.3 Å². The Labute approximate surface area is 71.2 Å². The molecule has 0 unspecified atom stereocenters. The second-order valence-corrected chi connectivity index (χ2v) is 2.25. The van der Waals surface area contributed by atoms with Crippen molar-refractivity contribution in [2.45, 2.75) is 6.42 Å². The van der Waals surface area contributed by atoms with Crippen molar-refractivity contribution in [1.29, 1.82) is 0 Å². The topological polar surface area (TPSA) is 59.1 Å². The first-order valence-corrected chi connectivity index (χ1v) is 3.64. The van der Waals surface area contributed by atoms with Gasteiger partial charge in [0.1, 0.15) is 5.82 Å². The van der Waals surface area contributed by atoms with Crippen molar-refractivity contribution in [3.63, 3.8) is 0 Å². The number of aliphatic hydroxyl groups is 1. The van der Waals surface area contributed by atoms with E-state index in [-0.39, 0.29) is 6.61 Å². The van der Waals surface area contributed by atoms with Gasteiger partial charge in [-0.15, -0.1) is 0 Å². The molecule has 0 aromatic carbocycles. The van der Waals surface area contributed by atoms with Crippen molar-refractivity contribution in [2.75, 3.05) is 12.3 Å². The van der Waals surface area contributed by atoms with Crippen molar-refractivity contribution in [1.82, 2.24) is 4.98 Å². The van der Waals surface area contributed by atoms with Gasteiger partial charge in [-0.1, -0.05) is 11.8 Å². The van der Waals surface area contributed by atoms with Gasteiger partial charge in [0.05, 0.1) is 6.61 Å². The molecule has 0 aliphatic carbocycles. The number of pyridine rings is 1. The molecule has 3 heteroatoms. The van der Waals surface area contributed by atoms with E-state index in [4.69, 9.17) is 10.8 Å². The lowest BCUT2D eigenvalue weighted by atomic mass is 10.3. The number of hydrogen-bond acceptors (Lipinski definition) is 3. The summed E-state index contributed by atoms with van der Waals surface area (Å²) in [7, 11) is 0. The minimum Gasteiger partial charge on any atom is -0.395 e. The maximum Gasteiger partial charge on any atom is 0.123 e. The highest BCUT2D eigenvalue weighted by Crippen LogP contribution is 1.98. The van der Waals surface area contributed by atoms with Gasteiger partial charge in [-0.05, 0) is 12.1 Å². The number of nitrogen functional groups attached to an aromatic ring is 1. The molecule has 1 rings (SSSR count). The largest absolute Gasteiger partial charge is 0.395 e. The number of anilines is 1. The van der Waals surface area contributed by atoms with Gasteiger partial charge in [0.2, 0.25) is 0 Å². The minimum absolute atomic E-state index is 0.0927. The summed E-state index contributed by atoms with van der Waals surface area (Å²) >= 11 is 0. The average Bonchev–Trinajstić information content (AvgIpc) is 2.09. The van der Waals surface area contributed by atoms with Crippen LogP contribution in [-0.4, -0.2) is 16.7 Å². The van der Waals surface area contributed by atoms with E-state index in [9.17, 15) is 0 Å². The van der Waals surface area contributed by atoms with Crippen LogP contribution in [-0.2, 0) is 0 Å². The third-order valence-corrected chi connectivity index (χ3v) is 1.26. The second-order valence-electron chi connectivity index (χ2n) is 2.25. The normalized spacial score (nSPS) is 8.75. The molecule has 1 heterocycles. The number of hydrogen-bond donors (Lipinski definition) is 2. The molecule has 1 aromatic rings. The zero-order valence-electron chi connectivity index (χ0n) is 6.62. The third-order valence-electron chi connectivity index (χ3n) is 1.26. The van der Waals surface area contributed by atoms with Crippen molar-refractivity contribution in [3.05, 3.63) is 23.9 Å². The highest BCUT2D eigenvalue weighted by atomic mass is 16.2. The van der Waals surface area contributed by atoms with E-state index < -0.39 is 0 Å². The molecule has 0 aliphatic heterocycles. The number of aliphatic hydroxyl groups excluding tert-OH is 1. The Kier molecular flexibility index (Phi) is 3.12. The fraction of sp³-hybridized carbons (Fsp3) is 0.222. The van der Waals surface area contributed by atoms with Crippen LogP contribution in [0.25, 0.3) is 0 Å². The summed E-state index contributed by atoms with van der Waals surface area (Å²) in [4.78, 5) is 3.87. The fourth-order valence-corrected chi connectivity index (χ4v) is 0.700. The predicted octanol–water partition coefficient (Wildman–Crippen LogP) is 0.398. The van der Waals surface area contributed by atoms with E-state index in [1.807, 2.05) is 0 Å². The summed E-state index contributed by atoms with van der Waals surface area (Å²) in [5, 5.41) is 8.45. The summed E-state index contributed by atoms with van der Waals surface area (Å²) in [6.07, 6.45) is 2.10. The first kappa shape index (κ1) is 8.57. The van der Waals surface area contributed by atoms with Crippen LogP contribution in [0.5, 0.6) is 0 Å². The summed E-state index contributed by atoms with van der Waals surface area (Å²) in [6, 6.07) is 3.50. The molecule has 62 valence electrons. The first-order valence-electron chi connectivity index (χ1n) is 3.64. The van der Waals surface area contributed by atoms with Gasteiger partial charge in [0.15, 0.2) is 0 Å². The Morgan fingerprint density at radius 2 is 2.33 bits per heavy atom. The van der Waals surface area contributed by atoms with E-state index in [0.717, 1.165) is 5.56 Å². The van der Waals surface area contributed by atoms with Gasteiger partial charge in [0, 0.05) is 18.2 Å². The molecule has 1 aromatic heterocycles. The Hall–Kier alpha value is -1.53.